The monoisotopic (exact) mass is 389 g/mol. The van der Waals surface area contributed by atoms with Crippen LogP contribution in [0.25, 0.3) is 0 Å². The summed E-state index contributed by atoms with van der Waals surface area (Å²) in [6, 6.07) is 6.37. The van der Waals surface area contributed by atoms with Crippen LogP contribution in [0.4, 0.5) is 0 Å². The maximum Gasteiger partial charge on any atom is 0.341 e. The van der Waals surface area contributed by atoms with Crippen LogP contribution in [-0.4, -0.2) is 30.7 Å². The SMILES string of the molecule is C=C(Cl)/N=C(/OCC(=O)O)C1=CC(OC)=CCC1Cc1ccc(C)c(C)c1. The second-order valence-electron chi connectivity index (χ2n) is 6.44. The summed E-state index contributed by atoms with van der Waals surface area (Å²) in [6.45, 7) is 7.21. The molecule has 5 nitrogen and oxygen atoms in total. The lowest BCUT2D eigenvalue weighted by atomic mass is 9.84. The van der Waals surface area contributed by atoms with Gasteiger partial charge in [-0.1, -0.05) is 36.4 Å². The smallest absolute Gasteiger partial charge is 0.341 e. The predicted molar refractivity (Wildman–Crippen MR) is 107 cm³/mol. The van der Waals surface area contributed by atoms with E-state index < -0.39 is 12.6 Å². The van der Waals surface area contributed by atoms with E-state index in [-0.39, 0.29) is 17.0 Å². The van der Waals surface area contributed by atoms with Gasteiger partial charge in [0.1, 0.15) is 10.9 Å². The Labute approximate surface area is 164 Å². The summed E-state index contributed by atoms with van der Waals surface area (Å²) in [5.41, 5.74) is 4.40. The van der Waals surface area contributed by atoms with Gasteiger partial charge in [0.2, 0.25) is 5.90 Å². The van der Waals surface area contributed by atoms with Crippen molar-refractivity contribution in [1.29, 1.82) is 0 Å². The van der Waals surface area contributed by atoms with Gasteiger partial charge in [0.15, 0.2) is 6.61 Å². The molecule has 144 valence electrons. The van der Waals surface area contributed by atoms with E-state index in [2.05, 4.69) is 43.6 Å². The van der Waals surface area contributed by atoms with Crippen molar-refractivity contribution in [3.8, 4) is 0 Å². The molecule has 27 heavy (non-hydrogen) atoms. The zero-order valence-electron chi connectivity index (χ0n) is 15.8. The topological polar surface area (TPSA) is 68.1 Å². The summed E-state index contributed by atoms with van der Waals surface area (Å²) < 4.78 is 10.7. The quantitative estimate of drug-likeness (QED) is 0.422. The maximum atomic E-state index is 10.9. The Bertz CT molecular complexity index is 823. The average Bonchev–Trinajstić information content (AvgIpc) is 2.61. The van der Waals surface area contributed by atoms with Crippen molar-refractivity contribution in [2.24, 2.45) is 10.9 Å². The normalized spacial score (nSPS) is 17.0. The molecule has 0 spiro atoms. The summed E-state index contributed by atoms with van der Waals surface area (Å²) in [5, 5.41) is 8.98. The van der Waals surface area contributed by atoms with Crippen molar-refractivity contribution in [1.82, 2.24) is 0 Å². The molecule has 1 aliphatic carbocycles. The van der Waals surface area contributed by atoms with E-state index in [0.29, 0.717) is 12.2 Å². The number of hydrogen-bond acceptors (Lipinski definition) is 4. The van der Waals surface area contributed by atoms with Crippen molar-refractivity contribution in [2.45, 2.75) is 26.7 Å². The molecule has 0 radical (unpaired) electrons. The molecular weight excluding hydrogens is 366 g/mol. The van der Waals surface area contributed by atoms with Gasteiger partial charge in [0, 0.05) is 5.57 Å². The van der Waals surface area contributed by atoms with Gasteiger partial charge in [-0.3, -0.25) is 0 Å². The number of methoxy groups -OCH3 is 1. The zero-order chi connectivity index (χ0) is 20.0. The standard InChI is InChI=1S/C21H24ClNO4/c1-13-5-6-16(9-14(13)2)10-17-7-8-18(26-4)11-19(17)21(23-15(3)22)27-12-20(24)25/h5-6,8-9,11,17H,3,7,10,12H2,1-2,4H3,(H,24,25)/b23-21+. The number of halogens is 1. The van der Waals surface area contributed by atoms with Gasteiger partial charge >= 0.3 is 5.97 Å². The highest BCUT2D eigenvalue weighted by Crippen LogP contribution is 2.30. The van der Waals surface area contributed by atoms with E-state index >= 15 is 0 Å². The van der Waals surface area contributed by atoms with Crippen LogP contribution in [0.3, 0.4) is 0 Å². The minimum absolute atomic E-state index is 0.0229. The van der Waals surface area contributed by atoms with E-state index in [1.54, 1.807) is 7.11 Å². The van der Waals surface area contributed by atoms with E-state index in [0.717, 1.165) is 12.0 Å². The molecule has 0 aromatic heterocycles. The first-order valence-corrected chi connectivity index (χ1v) is 8.98. The molecule has 0 amide bonds. The summed E-state index contributed by atoms with van der Waals surface area (Å²) in [4.78, 5) is 15.1. The van der Waals surface area contributed by atoms with Gasteiger partial charge in [-0.05, 0) is 61.4 Å². The van der Waals surface area contributed by atoms with Crippen molar-refractivity contribution in [3.63, 3.8) is 0 Å². The fraction of sp³-hybridized carbons (Fsp3) is 0.333. The van der Waals surface area contributed by atoms with Crippen LogP contribution in [0.15, 0.2) is 58.4 Å². The Balaban J connectivity index is 2.35. The number of hydrogen-bond donors (Lipinski definition) is 1. The minimum atomic E-state index is -1.09. The number of carboxylic acid groups (broad SMARTS) is 1. The Hall–Kier alpha value is -2.53. The first-order valence-electron chi connectivity index (χ1n) is 8.60. The molecule has 0 heterocycles. The van der Waals surface area contributed by atoms with Crippen LogP contribution in [0.1, 0.15) is 23.1 Å². The minimum Gasteiger partial charge on any atom is -0.497 e. The van der Waals surface area contributed by atoms with Crippen LogP contribution in [0, 0.1) is 19.8 Å². The first kappa shape index (κ1) is 20.8. The third-order valence-electron chi connectivity index (χ3n) is 4.43. The number of aryl methyl sites for hydroxylation is 2. The fourth-order valence-electron chi connectivity index (χ4n) is 2.92. The Morgan fingerprint density at radius 3 is 2.70 bits per heavy atom. The number of aliphatic imine (C=N–C) groups is 1. The van der Waals surface area contributed by atoms with Gasteiger partial charge in [-0.15, -0.1) is 0 Å². The van der Waals surface area contributed by atoms with Crippen LogP contribution < -0.4 is 0 Å². The van der Waals surface area contributed by atoms with E-state index in [1.165, 1.54) is 16.7 Å². The van der Waals surface area contributed by atoms with Gasteiger partial charge in [0.25, 0.3) is 0 Å². The summed E-state index contributed by atoms with van der Waals surface area (Å²) in [7, 11) is 1.58. The van der Waals surface area contributed by atoms with Crippen molar-refractivity contribution in [3.05, 3.63) is 70.1 Å². The Morgan fingerprint density at radius 1 is 1.37 bits per heavy atom. The van der Waals surface area contributed by atoms with Crippen LogP contribution in [0.5, 0.6) is 0 Å². The summed E-state index contributed by atoms with van der Waals surface area (Å²) in [6.07, 6.45) is 5.28. The zero-order valence-corrected chi connectivity index (χ0v) is 16.5. The van der Waals surface area contributed by atoms with Gasteiger partial charge in [0.05, 0.1) is 7.11 Å². The fourth-order valence-corrected chi connectivity index (χ4v) is 3.00. The molecule has 0 bridgehead atoms. The first-order chi connectivity index (χ1) is 12.8. The van der Waals surface area contributed by atoms with Crippen molar-refractivity contribution < 1.29 is 19.4 Å². The lowest BCUT2D eigenvalue weighted by Crippen LogP contribution is -2.23. The van der Waals surface area contributed by atoms with Crippen LogP contribution in [-0.2, 0) is 20.7 Å². The van der Waals surface area contributed by atoms with E-state index in [1.807, 2.05) is 12.2 Å². The van der Waals surface area contributed by atoms with Gasteiger partial charge in [-0.2, -0.15) is 0 Å². The molecule has 1 unspecified atom stereocenters. The molecule has 0 saturated heterocycles. The molecule has 0 fully saturated rings. The molecule has 2 rings (SSSR count). The highest BCUT2D eigenvalue weighted by Gasteiger charge is 2.25. The number of nitrogens with zero attached hydrogens (tertiary/aromatic N) is 1. The Kier molecular flexibility index (Phi) is 7.25. The predicted octanol–water partition coefficient (Wildman–Crippen LogP) is 4.53. The van der Waals surface area contributed by atoms with Gasteiger partial charge < -0.3 is 14.6 Å². The number of ether oxygens (including phenoxy) is 2. The molecule has 1 aliphatic rings. The van der Waals surface area contributed by atoms with Crippen LogP contribution >= 0.6 is 11.6 Å². The van der Waals surface area contributed by atoms with E-state index in [4.69, 9.17) is 26.2 Å². The molecule has 1 aromatic rings. The van der Waals surface area contributed by atoms with E-state index in [9.17, 15) is 4.79 Å². The van der Waals surface area contributed by atoms with Crippen LogP contribution in [0.2, 0.25) is 0 Å². The Morgan fingerprint density at radius 2 is 2.11 bits per heavy atom. The number of benzene rings is 1. The molecule has 1 N–H and O–H groups in total. The number of rotatable bonds is 7. The number of aliphatic carboxylic acids is 1. The molecule has 6 heteroatoms. The molecule has 0 aliphatic heterocycles. The molecular formula is C21H24ClNO4. The maximum absolute atomic E-state index is 10.9. The number of carbonyl (C=O) groups is 1. The highest BCUT2D eigenvalue weighted by atomic mass is 35.5. The molecule has 1 atom stereocenters. The lowest BCUT2D eigenvalue weighted by molar-refractivity contribution is -0.139. The largest absolute Gasteiger partial charge is 0.497 e. The third kappa shape index (κ3) is 6.00. The van der Waals surface area contributed by atoms with Crippen molar-refractivity contribution in [2.75, 3.05) is 13.7 Å². The number of carboxylic acids is 1. The second-order valence-corrected chi connectivity index (χ2v) is 6.88. The summed E-state index contributed by atoms with van der Waals surface area (Å²) >= 11 is 5.84. The second kappa shape index (κ2) is 9.42. The average molecular weight is 390 g/mol. The van der Waals surface area contributed by atoms with Crippen molar-refractivity contribution >= 4 is 23.5 Å². The third-order valence-corrected chi connectivity index (χ3v) is 4.52. The molecule has 0 saturated carbocycles. The highest BCUT2D eigenvalue weighted by molar-refractivity contribution is 6.29. The molecule has 1 aromatic carbocycles. The summed E-state index contributed by atoms with van der Waals surface area (Å²) in [5.74, 6) is -0.205. The lowest BCUT2D eigenvalue weighted by Gasteiger charge is -2.24. The number of allylic oxidation sites excluding steroid dienone is 2. The van der Waals surface area contributed by atoms with Gasteiger partial charge in [-0.25, -0.2) is 9.79 Å².